The standard InChI is InChI=1S/C11H18O4/c1-2-9(12)10-6-8(7-15-10)4-3-5-11(13)14/h3,5,8-10,12H,2,4,6-7H2,1H3,(H,13,14)/b5-3+/t8-,9-,10+/m0/s1. The molecule has 0 saturated carbocycles. The highest BCUT2D eigenvalue weighted by Crippen LogP contribution is 2.25. The summed E-state index contributed by atoms with van der Waals surface area (Å²) < 4.78 is 5.44. The summed E-state index contributed by atoms with van der Waals surface area (Å²) in [5, 5.41) is 18.0. The van der Waals surface area contributed by atoms with Crippen molar-refractivity contribution >= 4 is 5.97 Å². The zero-order valence-electron chi connectivity index (χ0n) is 8.93. The summed E-state index contributed by atoms with van der Waals surface area (Å²) in [6, 6.07) is 0. The van der Waals surface area contributed by atoms with Crippen molar-refractivity contribution in [2.24, 2.45) is 5.92 Å². The van der Waals surface area contributed by atoms with Gasteiger partial charge >= 0.3 is 5.97 Å². The van der Waals surface area contributed by atoms with Crippen molar-refractivity contribution in [3.05, 3.63) is 12.2 Å². The van der Waals surface area contributed by atoms with Gasteiger partial charge in [0.25, 0.3) is 0 Å². The van der Waals surface area contributed by atoms with Gasteiger partial charge in [0.05, 0.1) is 18.8 Å². The van der Waals surface area contributed by atoms with Crippen LogP contribution in [0.15, 0.2) is 12.2 Å². The Morgan fingerprint density at radius 1 is 1.67 bits per heavy atom. The number of carbonyl (C=O) groups is 1. The lowest BCUT2D eigenvalue weighted by Gasteiger charge is -2.14. The minimum Gasteiger partial charge on any atom is -0.478 e. The monoisotopic (exact) mass is 214 g/mol. The van der Waals surface area contributed by atoms with Crippen molar-refractivity contribution in [3.63, 3.8) is 0 Å². The highest BCUT2D eigenvalue weighted by Gasteiger charge is 2.29. The Labute approximate surface area is 89.6 Å². The third-order valence-corrected chi connectivity index (χ3v) is 2.69. The smallest absolute Gasteiger partial charge is 0.327 e. The molecule has 0 amide bonds. The molecule has 15 heavy (non-hydrogen) atoms. The van der Waals surface area contributed by atoms with Crippen LogP contribution in [-0.2, 0) is 9.53 Å². The molecule has 0 aromatic carbocycles. The zero-order valence-corrected chi connectivity index (χ0v) is 8.93. The van der Waals surface area contributed by atoms with E-state index in [0.29, 0.717) is 25.4 Å². The average molecular weight is 214 g/mol. The van der Waals surface area contributed by atoms with Gasteiger partial charge in [0.1, 0.15) is 0 Å². The van der Waals surface area contributed by atoms with E-state index >= 15 is 0 Å². The fourth-order valence-corrected chi connectivity index (χ4v) is 1.78. The van der Waals surface area contributed by atoms with Gasteiger partial charge in [-0.15, -0.1) is 0 Å². The van der Waals surface area contributed by atoms with E-state index < -0.39 is 12.1 Å². The van der Waals surface area contributed by atoms with E-state index in [-0.39, 0.29) is 6.10 Å². The second kappa shape index (κ2) is 5.88. The molecule has 86 valence electrons. The largest absolute Gasteiger partial charge is 0.478 e. The Morgan fingerprint density at radius 3 is 3.00 bits per heavy atom. The van der Waals surface area contributed by atoms with Crippen LogP contribution in [0, 0.1) is 5.92 Å². The van der Waals surface area contributed by atoms with Crippen LogP contribution in [0.5, 0.6) is 0 Å². The van der Waals surface area contributed by atoms with Gasteiger partial charge in [0.15, 0.2) is 0 Å². The van der Waals surface area contributed by atoms with Crippen molar-refractivity contribution in [2.45, 2.75) is 38.4 Å². The van der Waals surface area contributed by atoms with Gasteiger partial charge in [0, 0.05) is 6.08 Å². The first-order valence-corrected chi connectivity index (χ1v) is 5.32. The minimum absolute atomic E-state index is 0.0711. The number of aliphatic hydroxyl groups is 1. The summed E-state index contributed by atoms with van der Waals surface area (Å²) >= 11 is 0. The topological polar surface area (TPSA) is 66.8 Å². The third kappa shape index (κ3) is 4.01. The first kappa shape index (κ1) is 12.2. The Morgan fingerprint density at radius 2 is 2.40 bits per heavy atom. The molecular weight excluding hydrogens is 196 g/mol. The number of ether oxygens (including phenoxy) is 1. The van der Waals surface area contributed by atoms with Gasteiger partial charge in [-0.25, -0.2) is 4.79 Å². The molecule has 1 rings (SSSR count). The summed E-state index contributed by atoms with van der Waals surface area (Å²) in [7, 11) is 0. The van der Waals surface area contributed by atoms with Crippen molar-refractivity contribution < 1.29 is 19.7 Å². The summed E-state index contributed by atoms with van der Waals surface area (Å²) in [4.78, 5) is 10.2. The maximum absolute atomic E-state index is 10.2. The van der Waals surface area contributed by atoms with Crippen LogP contribution in [0.3, 0.4) is 0 Å². The number of carboxylic acids is 1. The maximum atomic E-state index is 10.2. The molecule has 0 bridgehead atoms. The van der Waals surface area contributed by atoms with Crippen molar-refractivity contribution in [2.75, 3.05) is 6.61 Å². The molecule has 4 nitrogen and oxygen atoms in total. The molecular formula is C11H18O4. The average Bonchev–Trinajstić information content (AvgIpc) is 2.65. The SMILES string of the molecule is CC[C@H](O)[C@H]1C[C@H](C/C=C/C(=O)O)CO1. The van der Waals surface area contributed by atoms with E-state index in [4.69, 9.17) is 9.84 Å². The first-order chi connectivity index (χ1) is 7.13. The fraction of sp³-hybridized carbons (Fsp3) is 0.727. The predicted octanol–water partition coefficient (Wildman–Crippen LogP) is 1.19. The van der Waals surface area contributed by atoms with Crippen LogP contribution in [0.4, 0.5) is 0 Å². The van der Waals surface area contributed by atoms with E-state index in [0.717, 1.165) is 12.5 Å². The minimum atomic E-state index is -0.918. The number of hydrogen-bond donors (Lipinski definition) is 2. The number of allylic oxidation sites excluding steroid dienone is 1. The van der Waals surface area contributed by atoms with Gasteiger partial charge in [-0.3, -0.25) is 0 Å². The normalized spacial score (nSPS) is 28.4. The molecule has 0 spiro atoms. The maximum Gasteiger partial charge on any atom is 0.327 e. The van der Waals surface area contributed by atoms with Crippen LogP contribution < -0.4 is 0 Å². The highest BCUT2D eigenvalue weighted by molar-refractivity contribution is 5.79. The number of aliphatic hydroxyl groups excluding tert-OH is 1. The van der Waals surface area contributed by atoms with Crippen molar-refractivity contribution in [1.29, 1.82) is 0 Å². The van der Waals surface area contributed by atoms with Crippen molar-refractivity contribution in [1.82, 2.24) is 0 Å². The lowest BCUT2D eigenvalue weighted by Crippen LogP contribution is -2.24. The van der Waals surface area contributed by atoms with Gasteiger partial charge in [-0.05, 0) is 25.2 Å². The summed E-state index contributed by atoms with van der Waals surface area (Å²) in [5.74, 6) is -0.578. The Bertz CT molecular complexity index is 237. The molecule has 1 saturated heterocycles. The molecule has 1 heterocycles. The fourth-order valence-electron chi connectivity index (χ4n) is 1.78. The number of hydrogen-bond acceptors (Lipinski definition) is 3. The quantitative estimate of drug-likeness (QED) is 0.675. The number of carboxylic acid groups (broad SMARTS) is 1. The Hall–Kier alpha value is -0.870. The summed E-state index contributed by atoms with van der Waals surface area (Å²) in [5.41, 5.74) is 0. The third-order valence-electron chi connectivity index (χ3n) is 2.69. The second-order valence-corrected chi connectivity index (χ2v) is 3.93. The van der Waals surface area contributed by atoms with Crippen LogP contribution in [0.25, 0.3) is 0 Å². The Kier molecular flexibility index (Phi) is 4.78. The van der Waals surface area contributed by atoms with Gasteiger partial charge in [-0.1, -0.05) is 13.0 Å². The van der Waals surface area contributed by atoms with Crippen LogP contribution in [0.2, 0.25) is 0 Å². The molecule has 1 aliphatic heterocycles. The second-order valence-electron chi connectivity index (χ2n) is 3.93. The highest BCUT2D eigenvalue weighted by atomic mass is 16.5. The lowest BCUT2D eigenvalue weighted by molar-refractivity contribution is -0.131. The summed E-state index contributed by atoms with van der Waals surface area (Å²) in [6.45, 7) is 2.54. The van der Waals surface area contributed by atoms with E-state index in [1.54, 1.807) is 6.08 Å². The molecule has 0 unspecified atom stereocenters. The van der Waals surface area contributed by atoms with Crippen LogP contribution >= 0.6 is 0 Å². The molecule has 4 heteroatoms. The van der Waals surface area contributed by atoms with Gasteiger partial charge in [-0.2, -0.15) is 0 Å². The number of aliphatic carboxylic acids is 1. The van der Waals surface area contributed by atoms with Gasteiger partial charge in [0.2, 0.25) is 0 Å². The molecule has 1 fully saturated rings. The molecule has 0 radical (unpaired) electrons. The molecule has 0 aromatic heterocycles. The van der Waals surface area contributed by atoms with Crippen LogP contribution in [-0.4, -0.2) is 35.0 Å². The Balaban J connectivity index is 2.27. The number of rotatable bonds is 5. The van der Waals surface area contributed by atoms with E-state index in [1.807, 2.05) is 6.92 Å². The molecule has 0 aliphatic carbocycles. The molecule has 1 aliphatic rings. The van der Waals surface area contributed by atoms with E-state index in [2.05, 4.69) is 0 Å². The summed E-state index contributed by atoms with van der Waals surface area (Å²) in [6.07, 6.45) is 4.57. The lowest BCUT2D eigenvalue weighted by atomic mass is 9.98. The van der Waals surface area contributed by atoms with E-state index in [1.165, 1.54) is 0 Å². The first-order valence-electron chi connectivity index (χ1n) is 5.32. The van der Waals surface area contributed by atoms with Gasteiger partial charge < -0.3 is 14.9 Å². The van der Waals surface area contributed by atoms with Crippen molar-refractivity contribution in [3.8, 4) is 0 Å². The van der Waals surface area contributed by atoms with E-state index in [9.17, 15) is 9.90 Å². The molecule has 0 aromatic rings. The van der Waals surface area contributed by atoms with Crippen LogP contribution in [0.1, 0.15) is 26.2 Å². The predicted molar refractivity (Wildman–Crippen MR) is 55.5 cm³/mol. The zero-order chi connectivity index (χ0) is 11.3. The molecule has 2 N–H and O–H groups in total. The molecule has 3 atom stereocenters.